The molecule has 2 aromatic carbocycles. The van der Waals surface area contributed by atoms with Crippen LogP contribution in [0.4, 0.5) is 10.1 Å². The molecule has 0 aliphatic rings. The lowest BCUT2D eigenvalue weighted by Gasteiger charge is -2.04. The highest BCUT2D eigenvalue weighted by Crippen LogP contribution is 2.21. The fourth-order valence-electron chi connectivity index (χ4n) is 1.45. The molecule has 0 bridgehead atoms. The first kappa shape index (κ1) is 12.5. The van der Waals surface area contributed by atoms with E-state index in [0.29, 0.717) is 12.2 Å². The molecule has 2 rings (SSSR count). The summed E-state index contributed by atoms with van der Waals surface area (Å²) in [5, 5.41) is 3.00. The summed E-state index contributed by atoms with van der Waals surface area (Å²) >= 11 is 5.67. The van der Waals surface area contributed by atoms with Gasteiger partial charge < -0.3 is 5.32 Å². The Hall–Kier alpha value is -1.98. The second-order valence-corrected chi connectivity index (χ2v) is 4.03. The van der Waals surface area contributed by atoms with E-state index in [4.69, 9.17) is 11.6 Å². The van der Waals surface area contributed by atoms with Gasteiger partial charge in [0.2, 0.25) is 0 Å². The molecule has 18 heavy (non-hydrogen) atoms. The Kier molecular flexibility index (Phi) is 4.22. The molecule has 0 aromatic heterocycles. The van der Waals surface area contributed by atoms with Gasteiger partial charge in [-0.15, -0.1) is 0 Å². The van der Waals surface area contributed by atoms with E-state index in [-0.39, 0.29) is 5.02 Å². The second-order valence-electron chi connectivity index (χ2n) is 3.62. The summed E-state index contributed by atoms with van der Waals surface area (Å²) in [6.45, 7) is 0.367. The van der Waals surface area contributed by atoms with Crippen LogP contribution < -0.4 is 5.32 Å². The topological polar surface area (TPSA) is 12.0 Å². The quantitative estimate of drug-likeness (QED) is 0.806. The van der Waals surface area contributed by atoms with Gasteiger partial charge in [0.15, 0.2) is 5.82 Å². The first-order chi connectivity index (χ1) is 8.77. The molecule has 0 saturated heterocycles. The zero-order valence-corrected chi connectivity index (χ0v) is 10.3. The van der Waals surface area contributed by atoms with Crippen LogP contribution in [0.3, 0.4) is 0 Å². The van der Waals surface area contributed by atoms with Crippen molar-refractivity contribution in [3.05, 3.63) is 64.9 Å². The molecule has 0 aliphatic heterocycles. The number of rotatable bonds is 2. The largest absolute Gasteiger partial charge is 0.372 e. The molecule has 0 aliphatic carbocycles. The molecule has 0 spiro atoms. The highest BCUT2D eigenvalue weighted by atomic mass is 35.5. The van der Waals surface area contributed by atoms with E-state index in [1.54, 1.807) is 12.1 Å². The third kappa shape index (κ3) is 3.26. The number of halogens is 2. The summed E-state index contributed by atoms with van der Waals surface area (Å²) in [7, 11) is 0. The normalized spacial score (nSPS) is 9.44. The lowest BCUT2D eigenvalue weighted by atomic mass is 10.2. The molecule has 0 fully saturated rings. The minimum absolute atomic E-state index is 0.107. The maximum atomic E-state index is 13.5. The molecule has 0 amide bonds. The Bertz CT molecular complexity index is 584. The monoisotopic (exact) mass is 259 g/mol. The van der Waals surface area contributed by atoms with Gasteiger partial charge in [0.25, 0.3) is 0 Å². The van der Waals surface area contributed by atoms with Crippen molar-refractivity contribution in [1.29, 1.82) is 0 Å². The van der Waals surface area contributed by atoms with Crippen LogP contribution >= 0.6 is 11.6 Å². The van der Waals surface area contributed by atoms with Crippen molar-refractivity contribution in [1.82, 2.24) is 0 Å². The van der Waals surface area contributed by atoms with Crippen molar-refractivity contribution in [2.24, 2.45) is 0 Å². The zero-order valence-electron chi connectivity index (χ0n) is 9.58. The van der Waals surface area contributed by atoms with E-state index >= 15 is 0 Å². The van der Waals surface area contributed by atoms with Crippen molar-refractivity contribution in [2.45, 2.75) is 0 Å². The molecule has 1 nitrogen and oxygen atoms in total. The fraction of sp³-hybridized carbons (Fsp3) is 0.0667. The van der Waals surface area contributed by atoms with E-state index in [1.807, 2.05) is 30.3 Å². The highest BCUT2D eigenvalue weighted by Gasteiger charge is 2.03. The average molecular weight is 260 g/mol. The van der Waals surface area contributed by atoms with Gasteiger partial charge >= 0.3 is 0 Å². The summed E-state index contributed by atoms with van der Waals surface area (Å²) < 4.78 is 13.5. The van der Waals surface area contributed by atoms with E-state index in [2.05, 4.69) is 17.2 Å². The number of benzene rings is 2. The number of hydrogen-bond donors (Lipinski definition) is 1. The Labute approximate surface area is 111 Å². The van der Waals surface area contributed by atoms with E-state index < -0.39 is 5.82 Å². The van der Waals surface area contributed by atoms with E-state index in [9.17, 15) is 4.39 Å². The molecular weight excluding hydrogens is 249 g/mol. The number of anilines is 1. The van der Waals surface area contributed by atoms with Crippen molar-refractivity contribution in [3.63, 3.8) is 0 Å². The molecule has 2 aromatic rings. The van der Waals surface area contributed by atoms with Gasteiger partial charge in [-0.3, -0.25) is 0 Å². The molecule has 0 saturated carbocycles. The van der Waals surface area contributed by atoms with Gasteiger partial charge in [-0.1, -0.05) is 47.7 Å². The summed E-state index contributed by atoms with van der Waals surface area (Å²) in [4.78, 5) is 0. The van der Waals surface area contributed by atoms with Gasteiger partial charge in [0.05, 0.1) is 17.3 Å². The van der Waals surface area contributed by atoms with E-state index in [1.165, 1.54) is 6.07 Å². The smallest absolute Gasteiger partial charge is 0.164 e. The van der Waals surface area contributed by atoms with Gasteiger partial charge in [0.1, 0.15) is 0 Å². The third-order valence-corrected chi connectivity index (χ3v) is 2.62. The van der Waals surface area contributed by atoms with Gasteiger partial charge in [-0.2, -0.15) is 0 Å². The predicted octanol–water partition coefficient (Wildman–Crippen LogP) is 3.94. The first-order valence-electron chi connectivity index (χ1n) is 5.49. The Morgan fingerprint density at radius 1 is 1.06 bits per heavy atom. The average Bonchev–Trinajstić information content (AvgIpc) is 2.40. The summed E-state index contributed by atoms with van der Waals surface area (Å²) in [6.07, 6.45) is 0. The number of hydrogen-bond acceptors (Lipinski definition) is 1. The Morgan fingerprint density at radius 3 is 2.61 bits per heavy atom. The molecule has 90 valence electrons. The lowest BCUT2D eigenvalue weighted by Crippen LogP contribution is -2.01. The molecular formula is C15H11ClFN. The fourth-order valence-corrected chi connectivity index (χ4v) is 1.62. The van der Waals surface area contributed by atoms with Crippen molar-refractivity contribution < 1.29 is 4.39 Å². The zero-order chi connectivity index (χ0) is 12.8. The Balaban J connectivity index is 1.97. The molecule has 3 heteroatoms. The lowest BCUT2D eigenvalue weighted by molar-refractivity contribution is 0.631. The maximum absolute atomic E-state index is 13.5. The number of nitrogens with one attached hydrogen (secondary N) is 1. The Morgan fingerprint density at radius 2 is 1.83 bits per heavy atom. The van der Waals surface area contributed by atoms with Crippen molar-refractivity contribution >= 4 is 17.3 Å². The minimum atomic E-state index is -0.444. The molecule has 0 radical (unpaired) electrons. The van der Waals surface area contributed by atoms with Crippen LogP contribution in [-0.4, -0.2) is 6.54 Å². The van der Waals surface area contributed by atoms with Crippen LogP contribution in [0.1, 0.15) is 5.56 Å². The van der Waals surface area contributed by atoms with Gasteiger partial charge in [-0.25, -0.2) is 4.39 Å². The predicted molar refractivity (Wildman–Crippen MR) is 73.2 cm³/mol. The van der Waals surface area contributed by atoms with Crippen LogP contribution in [0.25, 0.3) is 0 Å². The van der Waals surface area contributed by atoms with Gasteiger partial charge in [0, 0.05) is 5.56 Å². The van der Waals surface area contributed by atoms with Crippen molar-refractivity contribution in [2.75, 3.05) is 11.9 Å². The molecule has 0 atom stereocenters. The maximum Gasteiger partial charge on any atom is 0.164 e. The molecule has 0 heterocycles. The highest BCUT2D eigenvalue weighted by molar-refractivity contribution is 6.31. The van der Waals surface area contributed by atoms with Crippen LogP contribution in [0.2, 0.25) is 5.02 Å². The SMILES string of the molecule is Fc1c(Cl)cccc1NCC#Cc1ccccc1. The standard InChI is InChI=1S/C15H11ClFN/c16-13-9-4-10-14(15(13)17)18-11-5-8-12-6-2-1-3-7-12/h1-4,6-7,9-10,18H,11H2. The minimum Gasteiger partial charge on any atom is -0.372 e. The molecule has 1 N–H and O–H groups in total. The van der Waals surface area contributed by atoms with Crippen LogP contribution in [0, 0.1) is 17.7 Å². The third-order valence-electron chi connectivity index (χ3n) is 2.33. The van der Waals surface area contributed by atoms with Crippen LogP contribution in [-0.2, 0) is 0 Å². The molecule has 0 unspecified atom stereocenters. The van der Waals surface area contributed by atoms with Crippen LogP contribution in [0.15, 0.2) is 48.5 Å². The first-order valence-corrected chi connectivity index (χ1v) is 5.87. The van der Waals surface area contributed by atoms with Crippen molar-refractivity contribution in [3.8, 4) is 11.8 Å². The van der Waals surface area contributed by atoms with E-state index in [0.717, 1.165) is 5.56 Å². The summed E-state index contributed by atoms with van der Waals surface area (Å²) in [5.41, 5.74) is 1.30. The second kappa shape index (κ2) is 6.09. The summed E-state index contributed by atoms with van der Waals surface area (Å²) in [6, 6.07) is 14.5. The van der Waals surface area contributed by atoms with Gasteiger partial charge in [-0.05, 0) is 24.3 Å². The summed E-state index contributed by atoms with van der Waals surface area (Å²) in [5.74, 6) is 5.46. The van der Waals surface area contributed by atoms with Crippen LogP contribution in [0.5, 0.6) is 0 Å².